The van der Waals surface area contributed by atoms with E-state index in [9.17, 15) is 4.79 Å². The van der Waals surface area contributed by atoms with Crippen LogP contribution in [-0.4, -0.2) is 31.5 Å². The molecule has 1 aromatic rings. The van der Waals surface area contributed by atoms with Crippen LogP contribution in [0.1, 0.15) is 36.0 Å². The van der Waals surface area contributed by atoms with E-state index in [1.807, 2.05) is 6.07 Å². The van der Waals surface area contributed by atoms with Gasteiger partial charge in [0.25, 0.3) is 5.91 Å². The van der Waals surface area contributed by atoms with Gasteiger partial charge in [-0.3, -0.25) is 4.79 Å². The van der Waals surface area contributed by atoms with Crippen molar-refractivity contribution >= 4 is 21.8 Å². The summed E-state index contributed by atoms with van der Waals surface area (Å²) in [5, 5.41) is 4.07. The van der Waals surface area contributed by atoms with Gasteiger partial charge in [0, 0.05) is 11.4 Å². The third kappa shape index (κ3) is 3.70. The Kier molecular flexibility index (Phi) is 5.91. The zero-order valence-electron chi connectivity index (χ0n) is 12.5. The number of nitrogens with one attached hydrogen (secondary N) is 1. The topological polar surface area (TPSA) is 47.6 Å². The van der Waals surface area contributed by atoms with Gasteiger partial charge in [-0.1, -0.05) is 34.8 Å². The molecule has 1 aromatic carbocycles. The number of carbonyl (C=O) groups excluding carboxylic acids is 1. The molecule has 0 aliphatic heterocycles. The number of alkyl halides is 1. The number of ether oxygens (including phenoxy) is 2. The van der Waals surface area contributed by atoms with Crippen molar-refractivity contribution in [3.8, 4) is 11.5 Å². The zero-order chi connectivity index (χ0) is 15.2. The van der Waals surface area contributed by atoms with Gasteiger partial charge in [-0.15, -0.1) is 0 Å². The average Bonchev–Trinajstić information content (AvgIpc) is 2.54. The monoisotopic (exact) mass is 355 g/mol. The summed E-state index contributed by atoms with van der Waals surface area (Å²) in [5.74, 6) is 1.45. The minimum absolute atomic E-state index is 0.123. The molecule has 1 N–H and O–H groups in total. The van der Waals surface area contributed by atoms with Crippen LogP contribution in [0.5, 0.6) is 11.5 Å². The smallest absolute Gasteiger partial charge is 0.259 e. The third-order valence-corrected chi connectivity index (χ3v) is 4.91. The van der Waals surface area contributed by atoms with E-state index in [0.717, 1.165) is 24.6 Å². The second-order valence-corrected chi connectivity index (χ2v) is 5.96. The molecule has 0 aromatic heterocycles. The Morgan fingerprint density at radius 3 is 2.43 bits per heavy atom. The lowest BCUT2D eigenvalue weighted by Crippen LogP contribution is -2.42. The fourth-order valence-electron chi connectivity index (χ4n) is 2.90. The highest BCUT2D eigenvalue weighted by Crippen LogP contribution is 2.30. The number of carbonyl (C=O) groups is 1. The fourth-order valence-corrected chi connectivity index (χ4v) is 3.67. The zero-order valence-corrected chi connectivity index (χ0v) is 14.1. The predicted molar refractivity (Wildman–Crippen MR) is 86.6 cm³/mol. The highest BCUT2D eigenvalue weighted by atomic mass is 79.9. The van der Waals surface area contributed by atoms with Crippen molar-refractivity contribution in [1.29, 1.82) is 0 Å². The van der Waals surface area contributed by atoms with Crippen LogP contribution < -0.4 is 14.8 Å². The van der Waals surface area contributed by atoms with Gasteiger partial charge >= 0.3 is 0 Å². The molecule has 2 atom stereocenters. The number of hydrogen-bond donors (Lipinski definition) is 1. The van der Waals surface area contributed by atoms with E-state index >= 15 is 0 Å². The summed E-state index contributed by atoms with van der Waals surface area (Å²) >= 11 is 3.55. The Hall–Kier alpha value is -1.23. The molecular weight excluding hydrogens is 334 g/mol. The molecule has 1 aliphatic carbocycles. The molecule has 21 heavy (non-hydrogen) atoms. The van der Waals surface area contributed by atoms with Gasteiger partial charge in [0.2, 0.25) is 0 Å². The molecule has 4 nitrogen and oxygen atoms in total. The van der Waals surface area contributed by atoms with Gasteiger partial charge in [-0.25, -0.2) is 0 Å². The molecule has 5 heteroatoms. The van der Waals surface area contributed by atoms with Crippen LogP contribution in [0, 0.1) is 5.92 Å². The minimum Gasteiger partial charge on any atom is -0.496 e. The maximum atomic E-state index is 12.6. The van der Waals surface area contributed by atoms with E-state index in [-0.39, 0.29) is 11.9 Å². The molecule has 2 unspecified atom stereocenters. The molecule has 0 radical (unpaired) electrons. The number of halogens is 1. The van der Waals surface area contributed by atoms with E-state index in [2.05, 4.69) is 21.2 Å². The van der Waals surface area contributed by atoms with E-state index in [0.29, 0.717) is 23.0 Å². The summed E-state index contributed by atoms with van der Waals surface area (Å²) in [7, 11) is 3.13. The number of amides is 1. The molecule has 0 heterocycles. The first-order valence-corrected chi connectivity index (χ1v) is 8.41. The molecular formula is C16H22BrNO3. The molecule has 1 aliphatic rings. The molecule has 2 rings (SSSR count). The van der Waals surface area contributed by atoms with Gasteiger partial charge in [0.15, 0.2) is 0 Å². The van der Waals surface area contributed by atoms with Crippen molar-refractivity contribution in [2.24, 2.45) is 5.92 Å². The Bertz CT molecular complexity index is 470. The fraction of sp³-hybridized carbons (Fsp3) is 0.562. The second kappa shape index (κ2) is 7.69. The molecule has 0 spiro atoms. The van der Waals surface area contributed by atoms with Crippen molar-refractivity contribution in [3.05, 3.63) is 23.8 Å². The van der Waals surface area contributed by atoms with Crippen molar-refractivity contribution < 1.29 is 14.3 Å². The van der Waals surface area contributed by atoms with Crippen molar-refractivity contribution in [2.75, 3.05) is 19.5 Å². The summed E-state index contributed by atoms with van der Waals surface area (Å²) in [6.45, 7) is 0. The Morgan fingerprint density at radius 2 is 1.86 bits per heavy atom. The molecule has 1 amide bonds. The van der Waals surface area contributed by atoms with Crippen LogP contribution in [0.25, 0.3) is 0 Å². The van der Waals surface area contributed by atoms with Crippen LogP contribution in [0.3, 0.4) is 0 Å². The second-order valence-electron chi connectivity index (χ2n) is 5.32. The molecule has 1 saturated carbocycles. The average molecular weight is 356 g/mol. The van der Waals surface area contributed by atoms with E-state index in [4.69, 9.17) is 9.47 Å². The van der Waals surface area contributed by atoms with E-state index < -0.39 is 0 Å². The summed E-state index contributed by atoms with van der Waals surface area (Å²) in [5.41, 5.74) is 0.474. The van der Waals surface area contributed by atoms with E-state index in [1.165, 1.54) is 6.42 Å². The first-order chi connectivity index (χ1) is 10.2. The van der Waals surface area contributed by atoms with Gasteiger partial charge in [0.05, 0.1) is 14.2 Å². The maximum absolute atomic E-state index is 12.6. The summed E-state index contributed by atoms with van der Waals surface area (Å²) in [4.78, 5) is 12.6. The quantitative estimate of drug-likeness (QED) is 0.823. The normalized spacial score (nSPS) is 21.7. The first kappa shape index (κ1) is 16.1. The van der Waals surface area contributed by atoms with Gasteiger partial charge in [0.1, 0.15) is 17.1 Å². The van der Waals surface area contributed by atoms with Crippen LogP contribution >= 0.6 is 15.9 Å². The van der Waals surface area contributed by atoms with Crippen LogP contribution in [0.15, 0.2) is 18.2 Å². The Balaban J connectivity index is 2.19. The SMILES string of the molecule is COc1cccc(OC)c1C(=O)NC1CCCCC1CBr. The van der Waals surface area contributed by atoms with Crippen molar-refractivity contribution in [1.82, 2.24) is 5.32 Å². The molecule has 116 valence electrons. The van der Waals surface area contributed by atoms with Crippen molar-refractivity contribution in [3.63, 3.8) is 0 Å². The van der Waals surface area contributed by atoms with Crippen molar-refractivity contribution in [2.45, 2.75) is 31.7 Å². The lowest BCUT2D eigenvalue weighted by molar-refractivity contribution is 0.0905. The molecule has 1 fully saturated rings. The predicted octanol–water partition coefficient (Wildman–Crippen LogP) is 3.39. The standard InChI is InChI=1S/C16H22BrNO3/c1-20-13-8-5-9-14(21-2)15(13)16(19)18-12-7-4-3-6-11(12)10-17/h5,8-9,11-12H,3-4,6-7,10H2,1-2H3,(H,18,19). The highest BCUT2D eigenvalue weighted by molar-refractivity contribution is 9.09. The number of methoxy groups -OCH3 is 2. The van der Waals surface area contributed by atoms with Crippen LogP contribution in [-0.2, 0) is 0 Å². The Labute approximate surface area is 134 Å². The third-order valence-electron chi connectivity index (χ3n) is 4.08. The number of benzene rings is 1. The summed E-state index contributed by atoms with van der Waals surface area (Å²) in [6, 6.07) is 5.58. The Morgan fingerprint density at radius 1 is 1.24 bits per heavy atom. The molecule has 0 bridgehead atoms. The van der Waals surface area contributed by atoms with Gasteiger partial charge in [-0.2, -0.15) is 0 Å². The van der Waals surface area contributed by atoms with Crippen LogP contribution in [0.2, 0.25) is 0 Å². The highest BCUT2D eigenvalue weighted by Gasteiger charge is 2.28. The van der Waals surface area contributed by atoms with Crippen LogP contribution in [0.4, 0.5) is 0 Å². The van der Waals surface area contributed by atoms with Gasteiger partial charge in [-0.05, 0) is 30.9 Å². The number of rotatable bonds is 5. The van der Waals surface area contributed by atoms with Gasteiger partial charge < -0.3 is 14.8 Å². The lowest BCUT2D eigenvalue weighted by atomic mass is 9.85. The van der Waals surface area contributed by atoms with E-state index in [1.54, 1.807) is 26.4 Å². The summed E-state index contributed by atoms with van der Waals surface area (Å²) < 4.78 is 10.6. The first-order valence-electron chi connectivity index (χ1n) is 7.29. The maximum Gasteiger partial charge on any atom is 0.259 e. The largest absolute Gasteiger partial charge is 0.496 e. The number of hydrogen-bond acceptors (Lipinski definition) is 3. The summed E-state index contributed by atoms with van der Waals surface area (Å²) in [6.07, 6.45) is 4.58. The minimum atomic E-state index is -0.123. The lowest BCUT2D eigenvalue weighted by Gasteiger charge is -2.31. The molecule has 0 saturated heterocycles.